The van der Waals surface area contributed by atoms with E-state index in [1.54, 1.807) is 14.2 Å². The van der Waals surface area contributed by atoms with Crippen LogP contribution in [0, 0.1) is 16.7 Å². The average Bonchev–Trinajstić information content (AvgIpc) is 2.79. The molecule has 2 heteroatoms. The maximum Gasteiger partial charge on any atom is 0.122 e. The standard InChI is InChI=1S/C18H26O2/c1-17(2)13-6-7-18(17,3)16(10-13)12-8-14(19-4)11-15(9-12)20-5/h8-9,11,13,16H,6-7,10H2,1-5H3/t13-,16-,18+/m1/s1. The number of hydrogen-bond acceptors (Lipinski definition) is 2. The molecule has 0 aliphatic heterocycles. The smallest absolute Gasteiger partial charge is 0.122 e. The van der Waals surface area contributed by atoms with Crippen LogP contribution in [-0.4, -0.2) is 14.2 Å². The first-order valence-electron chi connectivity index (χ1n) is 7.65. The number of hydrogen-bond donors (Lipinski definition) is 0. The Morgan fingerprint density at radius 2 is 1.60 bits per heavy atom. The molecular formula is C18H26O2. The minimum atomic E-state index is 0.398. The molecule has 0 saturated heterocycles. The SMILES string of the molecule is COc1cc(OC)cc([C@H]2C[C@H]3CC[C@]2(C)C3(C)C)c1. The van der Waals surface area contributed by atoms with Crippen LogP contribution in [0.25, 0.3) is 0 Å². The van der Waals surface area contributed by atoms with Crippen molar-refractivity contribution in [3.63, 3.8) is 0 Å². The van der Waals surface area contributed by atoms with Crippen molar-refractivity contribution in [1.29, 1.82) is 0 Å². The molecular weight excluding hydrogens is 248 g/mol. The van der Waals surface area contributed by atoms with Crippen molar-refractivity contribution >= 4 is 0 Å². The van der Waals surface area contributed by atoms with E-state index in [9.17, 15) is 0 Å². The lowest BCUT2D eigenvalue weighted by molar-refractivity contribution is 0.134. The molecule has 0 spiro atoms. The highest BCUT2D eigenvalue weighted by Gasteiger charge is 2.61. The van der Waals surface area contributed by atoms with Crippen LogP contribution >= 0.6 is 0 Å². The van der Waals surface area contributed by atoms with Gasteiger partial charge in [0.2, 0.25) is 0 Å². The van der Waals surface area contributed by atoms with E-state index in [4.69, 9.17) is 9.47 Å². The van der Waals surface area contributed by atoms with Crippen molar-refractivity contribution in [2.45, 2.75) is 46.0 Å². The van der Waals surface area contributed by atoms with E-state index in [0.717, 1.165) is 17.4 Å². The van der Waals surface area contributed by atoms with E-state index >= 15 is 0 Å². The van der Waals surface area contributed by atoms with E-state index in [2.05, 4.69) is 32.9 Å². The molecule has 0 N–H and O–H groups in total. The maximum absolute atomic E-state index is 5.44. The monoisotopic (exact) mass is 274 g/mol. The molecule has 2 aliphatic carbocycles. The summed E-state index contributed by atoms with van der Waals surface area (Å²) in [5.41, 5.74) is 2.22. The number of fused-ring (bicyclic) bond motifs is 2. The van der Waals surface area contributed by atoms with Gasteiger partial charge in [-0.15, -0.1) is 0 Å². The summed E-state index contributed by atoms with van der Waals surface area (Å²) in [6.45, 7) is 7.40. The van der Waals surface area contributed by atoms with Crippen LogP contribution in [0.4, 0.5) is 0 Å². The summed E-state index contributed by atoms with van der Waals surface area (Å²) in [6, 6.07) is 6.37. The van der Waals surface area contributed by atoms with Crippen LogP contribution in [0.5, 0.6) is 11.5 Å². The van der Waals surface area contributed by atoms with Crippen molar-refractivity contribution in [1.82, 2.24) is 0 Å². The van der Waals surface area contributed by atoms with E-state index < -0.39 is 0 Å². The zero-order valence-corrected chi connectivity index (χ0v) is 13.3. The summed E-state index contributed by atoms with van der Waals surface area (Å²) in [6.07, 6.45) is 4.04. The molecule has 0 unspecified atom stereocenters. The molecule has 0 aromatic heterocycles. The number of benzene rings is 1. The molecule has 2 aliphatic rings. The Hall–Kier alpha value is -1.18. The molecule has 2 nitrogen and oxygen atoms in total. The van der Waals surface area contributed by atoms with Gasteiger partial charge in [-0.3, -0.25) is 0 Å². The van der Waals surface area contributed by atoms with E-state index in [0.29, 0.717) is 16.7 Å². The van der Waals surface area contributed by atoms with Crippen LogP contribution in [0.2, 0.25) is 0 Å². The molecule has 110 valence electrons. The van der Waals surface area contributed by atoms with Crippen LogP contribution in [0.3, 0.4) is 0 Å². The number of ether oxygens (including phenoxy) is 2. The molecule has 1 aromatic rings. The predicted molar refractivity (Wildman–Crippen MR) is 81.5 cm³/mol. The summed E-state index contributed by atoms with van der Waals surface area (Å²) in [4.78, 5) is 0. The topological polar surface area (TPSA) is 18.5 Å². The Labute approximate surface area is 122 Å². The van der Waals surface area contributed by atoms with Gasteiger partial charge in [0, 0.05) is 6.07 Å². The first-order chi connectivity index (χ1) is 9.42. The summed E-state index contributed by atoms with van der Waals surface area (Å²) in [5.74, 6) is 3.29. The van der Waals surface area contributed by atoms with Crippen LogP contribution < -0.4 is 9.47 Å². The molecule has 2 fully saturated rings. The van der Waals surface area contributed by atoms with Crippen LogP contribution in [0.15, 0.2) is 18.2 Å². The minimum Gasteiger partial charge on any atom is -0.497 e. The van der Waals surface area contributed by atoms with Gasteiger partial charge in [0.1, 0.15) is 11.5 Å². The van der Waals surface area contributed by atoms with Crippen LogP contribution in [0.1, 0.15) is 51.5 Å². The highest BCUT2D eigenvalue weighted by atomic mass is 16.5. The Kier molecular flexibility index (Phi) is 3.04. The van der Waals surface area contributed by atoms with Gasteiger partial charge in [-0.2, -0.15) is 0 Å². The van der Waals surface area contributed by atoms with Crippen molar-refractivity contribution < 1.29 is 9.47 Å². The molecule has 3 atom stereocenters. The minimum absolute atomic E-state index is 0.398. The third kappa shape index (κ3) is 1.70. The molecule has 0 heterocycles. The van der Waals surface area contributed by atoms with Crippen molar-refractivity contribution in [2.75, 3.05) is 14.2 Å². The fourth-order valence-electron chi connectivity index (χ4n) is 4.74. The summed E-state index contributed by atoms with van der Waals surface area (Å²) >= 11 is 0. The molecule has 2 saturated carbocycles. The Morgan fingerprint density at radius 1 is 1.00 bits per heavy atom. The molecule has 0 radical (unpaired) electrons. The zero-order valence-electron chi connectivity index (χ0n) is 13.3. The van der Waals surface area contributed by atoms with E-state index in [1.807, 2.05) is 6.07 Å². The maximum atomic E-state index is 5.44. The highest BCUT2D eigenvalue weighted by molar-refractivity contribution is 5.42. The van der Waals surface area contributed by atoms with E-state index in [1.165, 1.54) is 24.8 Å². The van der Waals surface area contributed by atoms with Crippen molar-refractivity contribution in [3.8, 4) is 11.5 Å². The second-order valence-electron chi connectivity index (χ2n) is 7.31. The molecule has 1 aromatic carbocycles. The number of rotatable bonds is 3. The molecule has 20 heavy (non-hydrogen) atoms. The summed E-state index contributed by atoms with van der Waals surface area (Å²) in [5, 5.41) is 0. The molecule has 2 bridgehead atoms. The fraction of sp³-hybridized carbons (Fsp3) is 0.667. The average molecular weight is 274 g/mol. The normalized spacial score (nSPS) is 34.2. The molecule has 0 amide bonds. The fourth-order valence-corrected chi connectivity index (χ4v) is 4.74. The second kappa shape index (κ2) is 4.41. The van der Waals surface area contributed by atoms with Crippen molar-refractivity contribution in [3.05, 3.63) is 23.8 Å². The third-order valence-electron chi connectivity index (χ3n) is 6.57. The largest absolute Gasteiger partial charge is 0.497 e. The second-order valence-corrected chi connectivity index (χ2v) is 7.31. The molecule has 3 rings (SSSR count). The predicted octanol–water partition coefficient (Wildman–Crippen LogP) is 4.63. The van der Waals surface area contributed by atoms with Gasteiger partial charge in [-0.25, -0.2) is 0 Å². The lowest BCUT2D eigenvalue weighted by atomic mass is 9.65. The number of methoxy groups -OCH3 is 2. The Morgan fingerprint density at radius 3 is 2.00 bits per heavy atom. The van der Waals surface area contributed by atoms with Gasteiger partial charge >= 0.3 is 0 Å². The van der Waals surface area contributed by atoms with Gasteiger partial charge in [0.25, 0.3) is 0 Å². The quantitative estimate of drug-likeness (QED) is 0.800. The Bertz CT molecular complexity index is 498. The van der Waals surface area contributed by atoms with Gasteiger partial charge in [-0.05, 0) is 59.6 Å². The van der Waals surface area contributed by atoms with Gasteiger partial charge in [-0.1, -0.05) is 20.8 Å². The highest BCUT2D eigenvalue weighted by Crippen LogP contribution is 2.71. The van der Waals surface area contributed by atoms with Crippen LogP contribution in [-0.2, 0) is 0 Å². The summed E-state index contributed by atoms with van der Waals surface area (Å²) in [7, 11) is 3.45. The Balaban J connectivity index is 2.03. The lowest BCUT2D eigenvalue weighted by Crippen LogP contribution is -2.31. The third-order valence-corrected chi connectivity index (χ3v) is 6.57. The first-order valence-corrected chi connectivity index (χ1v) is 7.65. The summed E-state index contributed by atoms with van der Waals surface area (Å²) < 4.78 is 10.9. The van der Waals surface area contributed by atoms with Gasteiger partial charge in [0.05, 0.1) is 14.2 Å². The zero-order chi connectivity index (χ0) is 14.5. The first kappa shape index (κ1) is 13.8. The van der Waals surface area contributed by atoms with E-state index in [-0.39, 0.29) is 0 Å². The van der Waals surface area contributed by atoms with Crippen molar-refractivity contribution in [2.24, 2.45) is 16.7 Å². The van der Waals surface area contributed by atoms with Gasteiger partial charge in [0.15, 0.2) is 0 Å². The van der Waals surface area contributed by atoms with Gasteiger partial charge < -0.3 is 9.47 Å². The lowest BCUT2D eigenvalue weighted by Gasteiger charge is -2.39.